The Balaban J connectivity index is 2.42. The first-order valence-electron chi connectivity index (χ1n) is 5.22. The van der Waals surface area contributed by atoms with Gasteiger partial charge in [-0.25, -0.2) is 9.97 Å². The van der Waals surface area contributed by atoms with Crippen molar-refractivity contribution in [3.05, 3.63) is 35.0 Å². The Morgan fingerprint density at radius 2 is 2.22 bits per heavy atom. The molecule has 0 radical (unpaired) electrons. The van der Waals surface area contributed by atoms with Gasteiger partial charge in [0.15, 0.2) is 5.82 Å². The fourth-order valence-corrected chi connectivity index (χ4v) is 1.74. The normalized spacial score (nSPS) is 10.4. The van der Waals surface area contributed by atoms with E-state index in [9.17, 15) is 0 Å². The molecule has 0 aliphatic rings. The molecule has 18 heavy (non-hydrogen) atoms. The van der Waals surface area contributed by atoms with Gasteiger partial charge in [-0.05, 0) is 18.2 Å². The number of hydrogen-bond acceptors (Lipinski definition) is 5. The van der Waals surface area contributed by atoms with Crippen molar-refractivity contribution in [1.82, 2.24) is 9.97 Å². The monoisotopic (exact) mass is 265 g/mol. The average Bonchev–Trinajstić information content (AvgIpc) is 2.38. The van der Waals surface area contributed by atoms with Crippen molar-refractivity contribution in [2.75, 3.05) is 12.8 Å². The zero-order valence-corrected chi connectivity index (χ0v) is 10.5. The number of methoxy groups -OCH3 is 1. The molecule has 6 heteroatoms. The van der Waals surface area contributed by atoms with Crippen LogP contribution in [0.4, 0.5) is 5.82 Å². The van der Waals surface area contributed by atoms with Crippen LogP contribution in [0, 0.1) is 0 Å². The number of ether oxygens (including phenoxy) is 1. The fraction of sp³-hybridized carbons (Fsp3) is 0.167. The summed E-state index contributed by atoms with van der Waals surface area (Å²) >= 11 is 6.03. The van der Waals surface area contributed by atoms with Gasteiger partial charge in [0.1, 0.15) is 11.6 Å². The fourth-order valence-electron chi connectivity index (χ4n) is 1.49. The maximum atomic E-state index is 8.99. The largest absolute Gasteiger partial charge is 0.495 e. The maximum Gasteiger partial charge on any atom is 0.161 e. The zero-order valence-electron chi connectivity index (χ0n) is 9.72. The van der Waals surface area contributed by atoms with E-state index in [0.717, 1.165) is 5.56 Å². The van der Waals surface area contributed by atoms with Crippen LogP contribution in [-0.4, -0.2) is 22.2 Å². The average molecular weight is 266 g/mol. The molecule has 3 N–H and O–H groups in total. The van der Waals surface area contributed by atoms with Crippen molar-refractivity contribution in [1.29, 1.82) is 0 Å². The number of hydrogen-bond donors (Lipinski definition) is 2. The van der Waals surface area contributed by atoms with Crippen molar-refractivity contribution in [2.45, 2.75) is 6.61 Å². The van der Waals surface area contributed by atoms with Crippen LogP contribution in [0.2, 0.25) is 5.02 Å². The lowest BCUT2D eigenvalue weighted by atomic mass is 10.2. The van der Waals surface area contributed by atoms with Crippen LogP contribution in [0.25, 0.3) is 11.4 Å². The quantitative estimate of drug-likeness (QED) is 0.886. The van der Waals surface area contributed by atoms with E-state index in [1.807, 2.05) is 0 Å². The smallest absolute Gasteiger partial charge is 0.161 e. The van der Waals surface area contributed by atoms with E-state index in [1.165, 1.54) is 6.20 Å². The summed E-state index contributed by atoms with van der Waals surface area (Å²) in [6.45, 7) is -0.185. The highest BCUT2D eigenvalue weighted by Gasteiger charge is 2.08. The van der Waals surface area contributed by atoms with Gasteiger partial charge in [0.25, 0.3) is 0 Å². The second kappa shape index (κ2) is 5.20. The van der Waals surface area contributed by atoms with E-state index < -0.39 is 0 Å². The molecule has 2 aromatic rings. The van der Waals surface area contributed by atoms with Crippen LogP contribution < -0.4 is 10.5 Å². The molecule has 0 atom stereocenters. The third-order valence-corrected chi connectivity index (χ3v) is 2.77. The van der Waals surface area contributed by atoms with Gasteiger partial charge in [0, 0.05) is 17.3 Å². The number of benzene rings is 1. The minimum absolute atomic E-state index is 0.185. The second-order valence-electron chi connectivity index (χ2n) is 3.61. The molecule has 0 aliphatic carbocycles. The van der Waals surface area contributed by atoms with Gasteiger partial charge in [-0.1, -0.05) is 11.6 Å². The van der Waals surface area contributed by atoms with E-state index in [0.29, 0.717) is 22.2 Å². The molecule has 0 amide bonds. The Bertz CT molecular complexity index is 524. The van der Waals surface area contributed by atoms with Crippen LogP contribution >= 0.6 is 11.6 Å². The SMILES string of the molecule is COc1ccc(-c2ncc(CO)c(N)n2)cc1Cl. The number of aliphatic hydroxyl groups excluding tert-OH is 1. The number of anilines is 1. The van der Waals surface area contributed by atoms with Crippen molar-refractivity contribution in [3.63, 3.8) is 0 Å². The van der Waals surface area contributed by atoms with E-state index in [2.05, 4.69) is 9.97 Å². The first-order valence-corrected chi connectivity index (χ1v) is 5.59. The number of nitrogen functional groups attached to an aromatic ring is 1. The van der Waals surface area contributed by atoms with Crippen LogP contribution in [0.3, 0.4) is 0 Å². The second-order valence-corrected chi connectivity index (χ2v) is 4.02. The summed E-state index contributed by atoms with van der Waals surface area (Å²) in [6.07, 6.45) is 1.50. The number of nitrogens with two attached hydrogens (primary N) is 1. The Morgan fingerprint density at radius 3 is 2.78 bits per heavy atom. The molecule has 0 aliphatic heterocycles. The third kappa shape index (κ3) is 2.37. The van der Waals surface area contributed by atoms with Crippen LogP contribution in [0.1, 0.15) is 5.56 Å². The van der Waals surface area contributed by atoms with E-state index in [1.54, 1.807) is 25.3 Å². The van der Waals surface area contributed by atoms with Gasteiger partial charge >= 0.3 is 0 Å². The van der Waals surface area contributed by atoms with Gasteiger partial charge < -0.3 is 15.6 Å². The van der Waals surface area contributed by atoms with Gasteiger partial charge in [-0.15, -0.1) is 0 Å². The predicted molar refractivity (Wildman–Crippen MR) is 69.4 cm³/mol. The number of nitrogens with zero attached hydrogens (tertiary/aromatic N) is 2. The molecule has 0 unspecified atom stereocenters. The molecule has 0 spiro atoms. The van der Waals surface area contributed by atoms with E-state index >= 15 is 0 Å². The van der Waals surface area contributed by atoms with E-state index in [4.69, 9.17) is 27.2 Å². The predicted octanol–water partition coefficient (Wildman–Crippen LogP) is 1.88. The first-order chi connectivity index (χ1) is 8.65. The van der Waals surface area contributed by atoms with Crippen molar-refractivity contribution in [2.24, 2.45) is 0 Å². The number of rotatable bonds is 3. The lowest BCUT2D eigenvalue weighted by Crippen LogP contribution is -2.01. The van der Waals surface area contributed by atoms with Crippen molar-refractivity contribution < 1.29 is 9.84 Å². The molecule has 94 valence electrons. The molecule has 1 heterocycles. The van der Waals surface area contributed by atoms with Gasteiger partial charge in [0.2, 0.25) is 0 Å². The minimum Gasteiger partial charge on any atom is -0.495 e. The Hall–Kier alpha value is -1.85. The molecule has 0 saturated heterocycles. The number of aromatic nitrogens is 2. The highest BCUT2D eigenvalue weighted by Crippen LogP contribution is 2.29. The molecule has 0 fully saturated rings. The van der Waals surface area contributed by atoms with Crippen LogP contribution in [0.15, 0.2) is 24.4 Å². The Kier molecular flexibility index (Phi) is 3.64. The van der Waals surface area contributed by atoms with Crippen molar-refractivity contribution in [3.8, 4) is 17.1 Å². The zero-order chi connectivity index (χ0) is 13.1. The van der Waals surface area contributed by atoms with Gasteiger partial charge in [-0.3, -0.25) is 0 Å². The summed E-state index contributed by atoms with van der Waals surface area (Å²) in [7, 11) is 1.55. The Labute approximate surface area is 109 Å². The molecule has 1 aromatic carbocycles. The maximum absolute atomic E-state index is 8.99. The highest BCUT2D eigenvalue weighted by molar-refractivity contribution is 6.32. The molecule has 0 saturated carbocycles. The molecular formula is C12H12ClN3O2. The minimum atomic E-state index is -0.185. The molecule has 2 rings (SSSR count). The molecule has 0 bridgehead atoms. The molecule has 5 nitrogen and oxygen atoms in total. The summed E-state index contributed by atoms with van der Waals surface area (Å²) in [5.41, 5.74) is 6.93. The summed E-state index contributed by atoms with van der Waals surface area (Å²) in [5.74, 6) is 1.30. The van der Waals surface area contributed by atoms with E-state index in [-0.39, 0.29) is 12.4 Å². The summed E-state index contributed by atoms with van der Waals surface area (Å²) < 4.78 is 5.07. The standard InChI is InChI=1S/C12H12ClN3O2/c1-18-10-3-2-7(4-9(10)13)12-15-5-8(6-17)11(14)16-12/h2-5,17H,6H2,1H3,(H2,14,15,16). The molecular weight excluding hydrogens is 254 g/mol. The topological polar surface area (TPSA) is 81.3 Å². The summed E-state index contributed by atoms with van der Waals surface area (Å²) in [6, 6.07) is 5.23. The van der Waals surface area contributed by atoms with Gasteiger partial charge in [0.05, 0.1) is 18.7 Å². The van der Waals surface area contributed by atoms with Crippen LogP contribution in [0.5, 0.6) is 5.75 Å². The summed E-state index contributed by atoms with van der Waals surface area (Å²) in [4.78, 5) is 8.24. The summed E-state index contributed by atoms with van der Waals surface area (Å²) in [5, 5.41) is 9.47. The number of aliphatic hydroxyl groups is 1. The van der Waals surface area contributed by atoms with Crippen LogP contribution in [-0.2, 0) is 6.61 Å². The Morgan fingerprint density at radius 1 is 1.44 bits per heavy atom. The number of halogens is 1. The van der Waals surface area contributed by atoms with Crippen molar-refractivity contribution >= 4 is 17.4 Å². The lowest BCUT2D eigenvalue weighted by molar-refractivity contribution is 0.281. The van der Waals surface area contributed by atoms with Gasteiger partial charge in [-0.2, -0.15) is 0 Å². The lowest BCUT2D eigenvalue weighted by Gasteiger charge is -2.07. The first kappa shape index (κ1) is 12.6. The highest BCUT2D eigenvalue weighted by atomic mass is 35.5. The molecule has 1 aromatic heterocycles. The third-order valence-electron chi connectivity index (χ3n) is 2.48.